The van der Waals surface area contributed by atoms with E-state index in [4.69, 9.17) is 44.8 Å². The highest BCUT2D eigenvalue weighted by atomic mass is 35.5. The van der Waals surface area contributed by atoms with Crippen molar-refractivity contribution >= 4 is 29.1 Å². The summed E-state index contributed by atoms with van der Waals surface area (Å²) >= 11 is 6.59. The summed E-state index contributed by atoms with van der Waals surface area (Å²) in [7, 11) is 5.53. The van der Waals surface area contributed by atoms with Crippen LogP contribution in [0.15, 0.2) is 53.8 Å². The Kier molecular flexibility index (Phi) is 9.39. The summed E-state index contributed by atoms with van der Waals surface area (Å²) in [6.07, 6.45) is 0.974. The molecule has 0 saturated carbocycles. The highest BCUT2D eigenvalue weighted by molar-refractivity contribution is 6.35. The quantitative estimate of drug-likeness (QED) is 0.237. The van der Waals surface area contributed by atoms with Crippen LogP contribution >= 0.6 is 11.6 Å². The second-order valence-corrected chi connectivity index (χ2v) is 12.5. The Labute approximate surface area is 288 Å². The maximum atomic E-state index is 14.3. The molecule has 1 unspecified atom stereocenters. The first-order valence-electron chi connectivity index (χ1n) is 15.8. The van der Waals surface area contributed by atoms with Crippen molar-refractivity contribution in [3.05, 3.63) is 81.1 Å². The summed E-state index contributed by atoms with van der Waals surface area (Å²) in [6.45, 7) is 2.61. The standard InChI is InChI=1S/C37H37ClO11/c1-19-14-24(39)31(35(41)37(19)36(42)32-28(44-3)18-29(45-4)33(38)34(32)49-37)23(17-30(40)46-5)21-7-9-26(43-2)27(16-21)48-12-10-20-6-8-25-22(15-20)11-13-47-25/h6-9,15-16,18-19,23,41H,10-14,17H2,1-5H3/t19-,23?,37+/m1/s1. The van der Waals surface area contributed by atoms with Crippen molar-refractivity contribution in [3.63, 3.8) is 0 Å². The molecular weight excluding hydrogens is 656 g/mol. The molecule has 49 heavy (non-hydrogen) atoms. The molecule has 3 aromatic carbocycles. The summed E-state index contributed by atoms with van der Waals surface area (Å²) in [5.74, 6) is -2.18. The number of halogens is 1. The molecule has 1 N–H and O–H groups in total. The Morgan fingerprint density at radius 3 is 2.47 bits per heavy atom. The van der Waals surface area contributed by atoms with E-state index in [1.807, 2.05) is 12.1 Å². The molecule has 1 aliphatic carbocycles. The number of ketones is 2. The lowest BCUT2D eigenvalue weighted by atomic mass is 9.69. The number of fused-ring (bicyclic) bond motifs is 2. The summed E-state index contributed by atoms with van der Waals surface area (Å²) < 4.78 is 39.5. The molecule has 3 aliphatic rings. The zero-order valence-corrected chi connectivity index (χ0v) is 28.6. The Hall–Kier alpha value is -4.90. The molecule has 0 radical (unpaired) electrons. The molecule has 0 fully saturated rings. The predicted molar refractivity (Wildman–Crippen MR) is 178 cm³/mol. The minimum Gasteiger partial charge on any atom is -0.507 e. The van der Waals surface area contributed by atoms with Crippen LogP contribution in [0.25, 0.3) is 0 Å². The van der Waals surface area contributed by atoms with Crippen LogP contribution in [0.2, 0.25) is 5.02 Å². The number of ether oxygens (including phenoxy) is 7. The number of carbonyl (C=O) groups is 3. The number of benzene rings is 3. The highest BCUT2D eigenvalue weighted by Crippen LogP contribution is 2.56. The molecule has 3 atom stereocenters. The molecule has 12 heteroatoms. The molecule has 0 bridgehead atoms. The largest absolute Gasteiger partial charge is 0.507 e. The van der Waals surface area contributed by atoms with E-state index in [9.17, 15) is 19.5 Å². The van der Waals surface area contributed by atoms with Gasteiger partial charge in [0.2, 0.25) is 11.4 Å². The maximum absolute atomic E-state index is 14.3. The van der Waals surface area contributed by atoms with Gasteiger partial charge in [0.25, 0.3) is 0 Å². The molecule has 2 aliphatic heterocycles. The second-order valence-electron chi connectivity index (χ2n) is 12.1. The van der Waals surface area contributed by atoms with Crippen LogP contribution in [0.1, 0.15) is 52.7 Å². The number of carbonyl (C=O) groups excluding carboxylic acids is 3. The number of rotatable bonds is 11. The third-order valence-corrected chi connectivity index (χ3v) is 9.81. The fraction of sp³-hybridized carbons (Fsp3) is 0.378. The number of Topliss-reactive ketones (excluding diaryl/α,β-unsaturated/α-hetero) is 2. The molecule has 2 heterocycles. The lowest BCUT2D eigenvalue weighted by Gasteiger charge is -2.38. The van der Waals surface area contributed by atoms with Crippen molar-refractivity contribution in [2.24, 2.45) is 5.92 Å². The van der Waals surface area contributed by atoms with Crippen LogP contribution in [0.3, 0.4) is 0 Å². The fourth-order valence-corrected chi connectivity index (χ4v) is 7.14. The number of esters is 1. The first-order chi connectivity index (χ1) is 23.6. The van der Waals surface area contributed by atoms with Crippen molar-refractivity contribution in [2.45, 2.75) is 44.1 Å². The van der Waals surface area contributed by atoms with E-state index >= 15 is 0 Å². The average Bonchev–Trinajstić information content (AvgIpc) is 3.70. The average molecular weight is 693 g/mol. The first-order valence-corrected chi connectivity index (χ1v) is 16.2. The Morgan fingerprint density at radius 1 is 1.00 bits per heavy atom. The summed E-state index contributed by atoms with van der Waals surface area (Å²) in [4.78, 5) is 41.0. The van der Waals surface area contributed by atoms with Crippen LogP contribution in [0.4, 0.5) is 0 Å². The Bertz CT molecular complexity index is 1870. The van der Waals surface area contributed by atoms with Gasteiger partial charge in [-0.25, -0.2) is 0 Å². The number of hydrogen-bond acceptors (Lipinski definition) is 11. The van der Waals surface area contributed by atoms with E-state index < -0.39 is 40.7 Å². The second kappa shape index (κ2) is 13.5. The smallest absolute Gasteiger partial charge is 0.306 e. The van der Waals surface area contributed by atoms with E-state index in [-0.39, 0.29) is 46.2 Å². The van der Waals surface area contributed by atoms with Gasteiger partial charge in [0.1, 0.15) is 27.8 Å². The van der Waals surface area contributed by atoms with Gasteiger partial charge in [0.05, 0.1) is 48.1 Å². The van der Waals surface area contributed by atoms with E-state index in [0.717, 1.165) is 23.3 Å². The lowest BCUT2D eigenvalue weighted by Crippen LogP contribution is -2.53. The summed E-state index contributed by atoms with van der Waals surface area (Å²) in [6, 6.07) is 12.5. The van der Waals surface area contributed by atoms with Crippen molar-refractivity contribution < 1.29 is 52.6 Å². The highest BCUT2D eigenvalue weighted by Gasteiger charge is 2.61. The number of aliphatic hydroxyl groups excluding tert-OH is 1. The van der Waals surface area contributed by atoms with Crippen molar-refractivity contribution in [1.29, 1.82) is 0 Å². The van der Waals surface area contributed by atoms with Crippen molar-refractivity contribution in [3.8, 4) is 34.5 Å². The predicted octanol–water partition coefficient (Wildman–Crippen LogP) is 6.00. The van der Waals surface area contributed by atoms with Gasteiger partial charge in [-0.2, -0.15) is 0 Å². The third-order valence-electron chi connectivity index (χ3n) is 9.45. The van der Waals surface area contributed by atoms with Gasteiger partial charge in [-0.15, -0.1) is 0 Å². The Morgan fingerprint density at radius 2 is 1.76 bits per heavy atom. The number of aliphatic hydroxyl groups is 1. The Balaban J connectivity index is 1.39. The minimum absolute atomic E-state index is 0.0123. The van der Waals surface area contributed by atoms with Gasteiger partial charge in [0.15, 0.2) is 28.8 Å². The molecule has 11 nitrogen and oxygen atoms in total. The van der Waals surface area contributed by atoms with Gasteiger partial charge in [-0.3, -0.25) is 14.4 Å². The van der Waals surface area contributed by atoms with Crippen LogP contribution in [0.5, 0.6) is 34.5 Å². The molecule has 0 saturated heterocycles. The van der Waals surface area contributed by atoms with Gasteiger partial charge < -0.3 is 38.3 Å². The van der Waals surface area contributed by atoms with E-state index in [2.05, 4.69) is 6.07 Å². The van der Waals surface area contributed by atoms with Crippen LogP contribution < -0.4 is 28.4 Å². The minimum atomic E-state index is -2.02. The number of hydrogen-bond donors (Lipinski definition) is 1. The monoisotopic (exact) mass is 692 g/mol. The zero-order chi connectivity index (χ0) is 35.0. The van der Waals surface area contributed by atoms with E-state index in [0.29, 0.717) is 36.7 Å². The maximum Gasteiger partial charge on any atom is 0.306 e. The fourth-order valence-electron chi connectivity index (χ4n) is 6.87. The molecule has 258 valence electrons. The van der Waals surface area contributed by atoms with Crippen LogP contribution in [0, 0.1) is 5.92 Å². The van der Waals surface area contributed by atoms with E-state index in [1.54, 1.807) is 25.1 Å². The normalized spacial score (nSPS) is 19.9. The van der Waals surface area contributed by atoms with Crippen LogP contribution in [-0.2, 0) is 27.2 Å². The molecule has 1 spiro atoms. The number of allylic oxidation sites excluding steroid dienone is 1. The molecule has 6 rings (SSSR count). The summed E-state index contributed by atoms with van der Waals surface area (Å²) in [5.41, 5.74) is 0.546. The number of methoxy groups -OCH3 is 4. The van der Waals surface area contributed by atoms with Gasteiger partial charge in [-0.05, 0) is 34.9 Å². The van der Waals surface area contributed by atoms with Crippen molar-refractivity contribution in [2.75, 3.05) is 41.7 Å². The zero-order valence-electron chi connectivity index (χ0n) is 27.8. The summed E-state index contributed by atoms with van der Waals surface area (Å²) in [5, 5.41) is 12.1. The lowest BCUT2D eigenvalue weighted by molar-refractivity contribution is -0.140. The SMILES string of the molecule is COC(=O)CC(C1=C(O)[C@@]2(Oc3c(Cl)c(OC)cc(OC)c3C2=O)[C@H](C)CC1=O)c1ccc(OC)c(OCCc2ccc3c(c2)CCO3)c1. The molecular formula is C37H37ClO11. The third kappa shape index (κ3) is 5.79. The van der Waals surface area contributed by atoms with Crippen LogP contribution in [-0.4, -0.2) is 69.9 Å². The van der Waals surface area contributed by atoms with Crippen molar-refractivity contribution in [1.82, 2.24) is 0 Å². The van der Waals surface area contributed by atoms with Gasteiger partial charge in [0, 0.05) is 42.7 Å². The van der Waals surface area contributed by atoms with E-state index in [1.165, 1.54) is 34.5 Å². The molecule has 3 aromatic rings. The first kappa shape index (κ1) is 34.0. The topological polar surface area (TPSA) is 136 Å². The molecule has 0 aromatic heterocycles. The van der Waals surface area contributed by atoms with Gasteiger partial charge in [-0.1, -0.05) is 36.7 Å². The molecule has 0 amide bonds. The van der Waals surface area contributed by atoms with Gasteiger partial charge >= 0.3 is 5.97 Å².